The summed E-state index contributed by atoms with van der Waals surface area (Å²) in [7, 11) is 0. The third-order valence-corrected chi connectivity index (χ3v) is 23.1. The second-order valence-corrected chi connectivity index (χ2v) is 20.6. The van der Waals surface area contributed by atoms with Gasteiger partial charge in [-0.1, -0.05) is 0 Å². The van der Waals surface area contributed by atoms with Crippen molar-refractivity contribution in [3.63, 3.8) is 0 Å². The molecular formula is C16H34OSn. The SMILES string of the molecule is CCC[CH2][Sn]([CH2]CCC)([CH2]CCC)[CH]1CC1CO. The quantitative estimate of drug-likeness (QED) is 0.501. The molecule has 0 aromatic rings. The van der Waals surface area contributed by atoms with E-state index >= 15 is 0 Å². The van der Waals surface area contributed by atoms with E-state index < -0.39 is 18.4 Å². The molecule has 108 valence electrons. The van der Waals surface area contributed by atoms with Crippen LogP contribution in [0.3, 0.4) is 0 Å². The summed E-state index contributed by atoms with van der Waals surface area (Å²) in [6.07, 6.45) is 9.91. The summed E-state index contributed by atoms with van der Waals surface area (Å²) in [6.45, 7) is 7.50. The van der Waals surface area contributed by atoms with Gasteiger partial charge in [0, 0.05) is 0 Å². The molecule has 0 amide bonds. The fourth-order valence-corrected chi connectivity index (χ4v) is 23.5. The Bertz CT molecular complexity index is 195. The molecule has 1 aliphatic rings. The second kappa shape index (κ2) is 8.84. The van der Waals surface area contributed by atoms with Crippen LogP contribution in [0, 0.1) is 5.92 Å². The molecule has 0 spiro atoms. The third-order valence-electron chi connectivity index (χ3n) is 5.03. The van der Waals surface area contributed by atoms with Crippen LogP contribution >= 0.6 is 0 Å². The number of aliphatic hydroxyl groups is 1. The van der Waals surface area contributed by atoms with Gasteiger partial charge in [-0.3, -0.25) is 0 Å². The van der Waals surface area contributed by atoms with Crippen molar-refractivity contribution in [2.24, 2.45) is 5.92 Å². The van der Waals surface area contributed by atoms with Crippen LogP contribution in [0.1, 0.15) is 65.7 Å². The van der Waals surface area contributed by atoms with Crippen molar-refractivity contribution in [2.45, 2.75) is 83.0 Å². The van der Waals surface area contributed by atoms with Crippen molar-refractivity contribution in [3.05, 3.63) is 0 Å². The Kier molecular flexibility index (Phi) is 8.25. The zero-order valence-corrected chi connectivity index (χ0v) is 15.7. The van der Waals surface area contributed by atoms with Crippen LogP contribution in [0.5, 0.6) is 0 Å². The first-order valence-corrected chi connectivity index (χ1v) is 16.0. The molecule has 0 aliphatic heterocycles. The van der Waals surface area contributed by atoms with Crippen LogP contribution in [0.2, 0.25) is 17.2 Å². The van der Waals surface area contributed by atoms with Crippen LogP contribution in [0.25, 0.3) is 0 Å². The first kappa shape index (κ1) is 16.8. The monoisotopic (exact) mass is 362 g/mol. The predicted octanol–water partition coefficient (Wildman–Crippen LogP) is 5.22. The van der Waals surface area contributed by atoms with Gasteiger partial charge in [-0.2, -0.15) is 0 Å². The van der Waals surface area contributed by atoms with Crippen LogP contribution < -0.4 is 0 Å². The molecule has 0 aromatic carbocycles. The zero-order chi connectivity index (χ0) is 13.4. The molecule has 0 heterocycles. The summed E-state index contributed by atoms with van der Waals surface area (Å²) in [5.41, 5.74) is 0. The standard InChI is InChI=1S/C4H7O.3C4H9.Sn/c5-3-4-1-2-4;3*1-3-4-2;/h1,4-5H,2-3H2;3*1,3-4H2,2H3;. The van der Waals surface area contributed by atoms with Gasteiger partial charge in [-0.25, -0.2) is 0 Å². The van der Waals surface area contributed by atoms with E-state index in [1.807, 2.05) is 0 Å². The Balaban J connectivity index is 2.65. The molecule has 2 unspecified atom stereocenters. The van der Waals surface area contributed by atoms with E-state index in [0.717, 1.165) is 9.85 Å². The van der Waals surface area contributed by atoms with Crippen LogP contribution in [-0.2, 0) is 0 Å². The fourth-order valence-electron chi connectivity index (χ4n) is 3.72. The summed E-state index contributed by atoms with van der Waals surface area (Å²) in [5, 5.41) is 9.45. The average molecular weight is 361 g/mol. The molecule has 1 fully saturated rings. The van der Waals surface area contributed by atoms with Crippen molar-refractivity contribution < 1.29 is 5.11 Å². The number of hydrogen-bond acceptors (Lipinski definition) is 1. The normalized spacial score (nSPS) is 23.3. The molecule has 0 aromatic heterocycles. The molecule has 1 rings (SSSR count). The molecule has 1 saturated carbocycles. The van der Waals surface area contributed by atoms with Crippen LogP contribution in [0.15, 0.2) is 0 Å². The van der Waals surface area contributed by atoms with E-state index in [9.17, 15) is 5.11 Å². The summed E-state index contributed by atoms with van der Waals surface area (Å²) >= 11 is -1.91. The Morgan fingerprint density at radius 3 is 1.61 bits per heavy atom. The van der Waals surface area contributed by atoms with Gasteiger partial charge in [0.2, 0.25) is 0 Å². The van der Waals surface area contributed by atoms with E-state index in [1.54, 1.807) is 13.3 Å². The Morgan fingerprint density at radius 1 is 0.889 bits per heavy atom. The first-order valence-electron chi connectivity index (χ1n) is 8.34. The van der Waals surface area contributed by atoms with Crippen molar-refractivity contribution in [3.8, 4) is 0 Å². The number of rotatable bonds is 11. The van der Waals surface area contributed by atoms with E-state index in [0.29, 0.717) is 6.61 Å². The van der Waals surface area contributed by atoms with Gasteiger partial charge in [0.25, 0.3) is 0 Å². The summed E-state index contributed by atoms with van der Waals surface area (Å²) < 4.78 is 5.90. The van der Waals surface area contributed by atoms with E-state index in [2.05, 4.69) is 20.8 Å². The van der Waals surface area contributed by atoms with Gasteiger partial charge >= 0.3 is 119 Å². The molecule has 0 radical (unpaired) electrons. The topological polar surface area (TPSA) is 20.2 Å². The van der Waals surface area contributed by atoms with Crippen LogP contribution in [0.4, 0.5) is 0 Å². The van der Waals surface area contributed by atoms with Gasteiger partial charge in [-0.05, 0) is 0 Å². The van der Waals surface area contributed by atoms with Gasteiger partial charge in [0.05, 0.1) is 0 Å². The van der Waals surface area contributed by atoms with Gasteiger partial charge in [-0.15, -0.1) is 0 Å². The molecule has 1 N–H and O–H groups in total. The van der Waals surface area contributed by atoms with Crippen molar-refractivity contribution >= 4 is 18.4 Å². The predicted molar refractivity (Wildman–Crippen MR) is 83.8 cm³/mol. The Hall–Kier alpha value is 0.759. The Morgan fingerprint density at radius 2 is 1.33 bits per heavy atom. The van der Waals surface area contributed by atoms with Crippen molar-refractivity contribution in [2.75, 3.05) is 6.61 Å². The molecule has 0 bridgehead atoms. The maximum atomic E-state index is 9.45. The number of unbranched alkanes of at least 4 members (excludes halogenated alkanes) is 3. The van der Waals surface area contributed by atoms with E-state index in [4.69, 9.17) is 0 Å². The molecule has 1 aliphatic carbocycles. The van der Waals surface area contributed by atoms with E-state index in [-0.39, 0.29) is 0 Å². The third kappa shape index (κ3) is 4.70. The molecule has 2 atom stereocenters. The number of hydrogen-bond donors (Lipinski definition) is 1. The van der Waals surface area contributed by atoms with Crippen molar-refractivity contribution in [1.82, 2.24) is 0 Å². The van der Waals surface area contributed by atoms with Gasteiger partial charge < -0.3 is 0 Å². The molecule has 0 saturated heterocycles. The minimum absolute atomic E-state index is 0.480. The summed E-state index contributed by atoms with van der Waals surface area (Å²) in [4.78, 5) is 0. The van der Waals surface area contributed by atoms with Gasteiger partial charge in [0.15, 0.2) is 0 Å². The Labute approximate surface area is 119 Å². The zero-order valence-electron chi connectivity index (χ0n) is 12.9. The molecular weight excluding hydrogens is 327 g/mol. The van der Waals surface area contributed by atoms with Crippen LogP contribution in [-0.4, -0.2) is 30.1 Å². The van der Waals surface area contributed by atoms with Gasteiger partial charge in [0.1, 0.15) is 0 Å². The average Bonchev–Trinajstić information content (AvgIpc) is 3.18. The fraction of sp³-hybridized carbons (Fsp3) is 1.00. The first-order chi connectivity index (χ1) is 8.74. The second-order valence-electron chi connectivity index (χ2n) is 6.46. The van der Waals surface area contributed by atoms with Crippen molar-refractivity contribution in [1.29, 1.82) is 0 Å². The number of aliphatic hydroxyl groups excluding tert-OH is 1. The maximum absolute atomic E-state index is 9.45. The van der Waals surface area contributed by atoms with E-state index in [1.165, 1.54) is 44.9 Å². The summed E-state index contributed by atoms with van der Waals surface area (Å²) in [6, 6.07) is 0. The molecule has 1 nitrogen and oxygen atoms in total. The molecule has 2 heteroatoms. The summed E-state index contributed by atoms with van der Waals surface area (Å²) in [5.74, 6) is 0.728. The molecule has 18 heavy (non-hydrogen) atoms. The minimum atomic E-state index is -1.91.